The summed E-state index contributed by atoms with van der Waals surface area (Å²) in [6.07, 6.45) is 0.988. The summed E-state index contributed by atoms with van der Waals surface area (Å²) in [5.74, 6) is 0.865. The predicted molar refractivity (Wildman–Crippen MR) is 80.8 cm³/mol. The van der Waals surface area contributed by atoms with Crippen molar-refractivity contribution in [2.75, 3.05) is 6.54 Å². The molecule has 0 saturated carbocycles. The van der Waals surface area contributed by atoms with E-state index in [1.807, 2.05) is 13.0 Å². The van der Waals surface area contributed by atoms with Crippen molar-refractivity contribution in [3.63, 3.8) is 0 Å². The van der Waals surface area contributed by atoms with Gasteiger partial charge in [-0.1, -0.05) is 19.1 Å². The molecule has 4 nitrogen and oxygen atoms in total. The van der Waals surface area contributed by atoms with E-state index >= 15 is 0 Å². The van der Waals surface area contributed by atoms with Crippen molar-refractivity contribution < 1.29 is 13.5 Å². The summed E-state index contributed by atoms with van der Waals surface area (Å²) in [6.45, 7) is 4.50. The van der Waals surface area contributed by atoms with Crippen LogP contribution in [0.25, 0.3) is 0 Å². The highest BCUT2D eigenvalue weighted by Gasteiger charge is 2.05. The quantitative estimate of drug-likeness (QED) is 0.600. The number of guanidine groups is 1. The number of nitrogens with one attached hydrogen (secondary N) is 2. The van der Waals surface area contributed by atoms with E-state index in [0.717, 1.165) is 18.5 Å². The number of rotatable bonds is 7. The van der Waals surface area contributed by atoms with E-state index in [2.05, 4.69) is 34.2 Å². The Kier molecular flexibility index (Phi) is 7.50. The Morgan fingerprint density at radius 3 is 2.71 bits per heavy atom. The summed E-state index contributed by atoms with van der Waals surface area (Å²) in [4.78, 5) is 4.44. The standard InChI is InChI=1S/C15H23F2N3O/c1-4-11(3)20-15(18-5-2)19-10-12-7-6-8-13(9-12)21-14(16)17/h6-9,11,14H,4-5,10H2,1-3H3,(H2,18,19,20). The monoisotopic (exact) mass is 299 g/mol. The molecular weight excluding hydrogens is 276 g/mol. The summed E-state index contributed by atoms with van der Waals surface area (Å²) >= 11 is 0. The molecule has 0 aliphatic heterocycles. The van der Waals surface area contributed by atoms with Gasteiger partial charge in [0.15, 0.2) is 5.96 Å². The molecule has 1 rings (SSSR count). The predicted octanol–water partition coefficient (Wildman–Crippen LogP) is 3.14. The van der Waals surface area contributed by atoms with Gasteiger partial charge in [0.25, 0.3) is 0 Å². The number of ether oxygens (including phenoxy) is 1. The van der Waals surface area contributed by atoms with Crippen LogP contribution < -0.4 is 15.4 Å². The lowest BCUT2D eigenvalue weighted by atomic mass is 10.2. The first kappa shape index (κ1) is 17.2. The third-order valence-electron chi connectivity index (χ3n) is 2.88. The molecule has 0 amide bonds. The lowest BCUT2D eigenvalue weighted by Crippen LogP contribution is -2.41. The highest BCUT2D eigenvalue weighted by molar-refractivity contribution is 5.80. The second-order valence-electron chi connectivity index (χ2n) is 4.67. The van der Waals surface area contributed by atoms with Gasteiger partial charge >= 0.3 is 6.61 Å². The number of nitrogens with zero attached hydrogens (tertiary/aromatic N) is 1. The summed E-state index contributed by atoms with van der Waals surface area (Å²) in [6, 6.07) is 6.90. The molecule has 118 valence electrons. The fourth-order valence-corrected chi connectivity index (χ4v) is 1.65. The Morgan fingerprint density at radius 2 is 2.10 bits per heavy atom. The maximum Gasteiger partial charge on any atom is 0.387 e. The second-order valence-corrected chi connectivity index (χ2v) is 4.67. The SMILES string of the molecule is CCNC(=NCc1cccc(OC(F)F)c1)NC(C)CC. The Hall–Kier alpha value is -1.85. The fraction of sp³-hybridized carbons (Fsp3) is 0.533. The molecule has 2 N–H and O–H groups in total. The van der Waals surface area contributed by atoms with Crippen LogP contribution in [0.4, 0.5) is 8.78 Å². The minimum absolute atomic E-state index is 0.151. The number of aliphatic imine (C=N–C) groups is 1. The zero-order valence-electron chi connectivity index (χ0n) is 12.7. The first-order valence-electron chi connectivity index (χ1n) is 7.13. The van der Waals surface area contributed by atoms with Crippen molar-refractivity contribution in [3.05, 3.63) is 29.8 Å². The van der Waals surface area contributed by atoms with E-state index in [9.17, 15) is 8.78 Å². The normalized spacial score (nSPS) is 13.1. The van der Waals surface area contributed by atoms with Gasteiger partial charge in [-0.2, -0.15) is 8.78 Å². The fourth-order valence-electron chi connectivity index (χ4n) is 1.65. The average molecular weight is 299 g/mol. The third kappa shape index (κ3) is 6.92. The number of hydrogen-bond acceptors (Lipinski definition) is 2. The van der Waals surface area contributed by atoms with E-state index in [4.69, 9.17) is 0 Å². The molecule has 1 aromatic rings. The molecule has 0 heterocycles. The molecule has 0 aliphatic rings. The first-order chi connectivity index (χ1) is 10.0. The molecule has 6 heteroatoms. The summed E-state index contributed by atoms with van der Waals surface area (Å²) in [7, 11) is 0. The van der Waals surface area contributed by atoms with Gasteiger partial charge in [0.1, 0.15) is 5.75 Å². The van der Waals surface area contributed by atoms with Gasteiger partial charge in [0.05, 0.1) is 6.54 Å². The van der Waals surface area contributed by atoms with Crippen LogP contribution in [0.5, 0.6) is 5.75 Å². The van der Waals surface area contributed by atoms with E-state index in [1.54, 1.807) is 12.1 Å². The van der Waals surface area contributed by atoms with Crippen molar-refractivity contribution in [2.24, 2.45) is 4.99 Å². The van der Waals surface area contributed by atoms with Gasteiger partial charge in [-0.05, 0) is 38.0 Å². The lowest BCUT2D eigenvalue weighted by molar-refractivity contribution is -0.0498. The van der Waals surface area contributed by atoms with Crippen molar-refractivity contribution in [1.82, 2.24) is 10.6 Å². The van der Waals surface area contributed by atoms with Crippen LogP contribution in [0.1, 0.15) is 32.8 Å². The van der Waals surface area contributed by atoms with Gasteiger partial charge < -0.3 is 15.4 Å². The van der Waals surface area contributed by atoms with Crippen LogP contribution >= 0.6 is 0 Å². The van der Waals surface area contributed by atoms with E-state index in [1.165, 1.54) is 6.07 Å². The van der Waals surface area contributed by atoms with Gasteiger partial charge in [-0.15, -0.1) is 0 Å². The zero-order chi connectivity index (χ0) is 15.7. The van der Waals surface area contributed by atoms with Crippen LogP contribution in [0.2, 0.25) is 0 Å². The molecule has 0 spiro atoms. The molecule has 0 bridgehead atoms. The molecule has 0 fully saturated rings. The van der Waals surface area contributed by atoms with Crippen molar-refractivity contribution in [2.45, 2.75) is 46.4 Å². The molecule has 0 radical (unpaired) electrons. The Morgan fingerprint density at radius 1 is 1.33 bits per heavy atom. The molecule has 0 aliphatic carbocycles. The maximum atomic E-state index is 12.2. The van der Waals surface area contributed by atoms with Crippen LogP contribution in [0.3, 0.4) is 0 Å². The van der Waals surface area contributed by atoms with E-state index in [0.29, 0.717) is 18.5 Å². The Labute approximate surface area is 124 Å². The topological polar surface area (TPSA) is 45.7 Å². The molecule has 21 heavy (non-hydrogen) atoms. The number of halogens is 2. The maximum absolute atomic E-state index is 12.2. The van der Waals surface area contributed by atoms with Gasteiger partial charge in [-0.25, -0.2) is 4.99 Å². The van der Waals surface area contributed by atoms with Crippen LogP contribution in [0.15, 0.2) is 29.3 Å². The largest absolute Gasteiger partial charge is 0.435 e. The number of hydrogen-bond donors (Lipinski definition) is 2. The first-order valence-corrected chi connectivity index (χ1v) is 7.13. The lowest BCUT2D eigenvalue weighted by Gasteiger charge is -2.16. The van der Waals surface area contributed by atoms with Gasteiger partial charge in [0, 0.05) is 12.6 Å². The van der Waals surface area contributed by atoms with Crippen molar-refractivity contribution in [1.29, 1.82) is 0 Å². The van der Waals surface area contributed by atoms with E-state index < -0.39 is 6.61 Å². The zero-order valence-corrected chi connectivity index (χ0v) is 12.7. The highest BCUT2D eigenvalue weighted by Crippen LogP contribution is 2.16. The average Bonchev–Trinajstić information content (AvgIpc) is 2.44. The molecule has 1 atom stereocenters. The van der Waals surface area contributed by atoms with Crippen molar-refractivity contribution >= 4 is 5.96 Å². The van der Waals surface area contributed by atoms with Crippen LogP contribution in [-0.4, -0.2) is 25.2 Å². The van der Waals surface area contributed by atoms with Crippen LogP contribution in [-0.2, 0) is 6.54 Å². The molecule has 1 aromatic carbocycles. The van der Waals surface area contributed by atoms with Crippen molar-refractivity contribution in [3.8, 4) is 5.75 Å². The van der Waals surface area contributed by atoms with Crippen LogP contribution in [0, 0.1) is 0 Å². The van der Waals surface area contributed by atoms with E-state index in [-0.39, 0.29) is 5.75 Å². The molecule has 1 unspecified atom stereocenters. The summed E-state index contributed by atoms with van der Waals surface area (Å²) in [5.41, 5.74) is 0.814. The Balaban J connectivity index is 2.70. The minimum Gasteiger partial charge on any atom is -0.435 e. The van der Waals surface area contributed by atoms with Gasteiger partial charge in [0.2, 0.25) is 0 Å². The number of benzene rings is 1. The molecule has 0 aromatic heterocycles. The third-order valence-corrected chi connectivity index (χ3v) is 2.88. The number of alkyl halides is 2. The summed E-state index contributed by atoms with van der Waals surface area (Å²) < 4.78 is 28.7. The smallest absolute Gasteiger partial charge is 0.387 e. The molecule has 0 saturated heterocycles. The summed E-state index contributed by atoms with van der Waals surface area (Å²) in [5, 5.41) is 6.42. The minimum atomic E-state index is -2.81. The molecular formula is C15H23F2N3O. The Bertz CT molecular complexity index is 452. The second kappa shape index (κ2) is 9.15. The highest BCUT2D eigenvalue weighted by atomic mass is 19.3. The van der Waals surface area contributed by atoms with Gasteiger partial charge in [-0.3, -0.25) is 0 Å².